The second-order valence-electron chi connectivity index (χ2n) is 7.82. The van der Waals surface area contributed by atoms with E-state index in [1.807, 2.05) is 12.1 Å². The maximum Gasteiger partial charge on any atom is 0.335 e. The molecule has 31 heavy (non-hydrogen) atoms. The number of carbonyl (C=O) groups is 1. The minimum Gasteiger partial charge on any atom is -0.478 e. The van der Waals surface area contributed by atoms with Crippen LogP contribution in [-0.4, -0.2) is 43.4 Å². The van der Waals surface area contributed by atoms with Crippen molar-refractivity contribution in [2.24, 2.45) is 0 Å². The summed E-state index contributed by atoms with van der Waals surface area (Å²) < 4.78 is 5.97. The van der Waals surface area contributed by atoms with Crippen LogP contribution in [0.2, 0.25) is 0 Å². The van der Waals surface area contributed by atoms with Crippen molar-refractivity contribution in [1.82, 2.24) is 5.32 Å². The summed E-state index contributed by atoms with van der Waals surface area (Å²) in [7, 11) is 0. The maximum atomic E-state index is 11.0. The van der Waals surface area contributed by atoms with E-state index in [4.69, 9.17) is 9.84 Å². The van der Waals surface area contributed by atoms with Gasteiger partial charge in [-0.25, -0.2) is 4.79 Å². The Bertz CT molecular complexity index is 1000. The van der Waals surface area contributed by atoms with E-state index in [2.05, 4.69) is 59.6 Å². The normalized spacial score (nSPS) is 17.2. The number of nitrogens with zero attached hydrogens (tertiary/aromatic N) is 1. The van der Waals surface area contributed by atoms with Crippen LogP contribution in [0.4, 0.5) is 5.69 Å². The zero-order valence-electron chi connectivity index (χ0n) is 17.7. The second-order valence-corrected chi connectivity index (χ2v) is 7.82. The van der Waals surface area contributed by atoms with E-state index in [1.165, 1.54) is 16.3 Å². The first-order valence-corrected chi connectivity index (χ1v) is 10.5. The summed E-state index contributed by atoms with van der Waals surface area (Å²) in [5, 5.41) is 15.3. The predicted octanol–water partition coefficient (Wildman–Crippen LogP) is 4.91. The van der Waals surface area contributed by atoms with Crippen molar-refractivity contribution in [3.05, 3.63) is 77.9 Å². The van der Waals surface area contributed by atoms with Crippen LogP contribution < -0.4 is 10.2 Å². The molecule has 3 aromatic rings. The molecule has 0 radical (unpaired) electrons. The van der Waals surface area contributed by atoms with Crippen LogP contribution >= 0.6 is 12.4 Å². The average Bonchev–Trinajstić information content (AvgIpc) is 2.79. The zero-order valence-corrected chi connectivity index (χ0v) is 18.5. The lowest BCUT2D eigenvalue weighted by Gasteiger charge is -2.35. The number of carboxylic acids is 1. The monoisotopic (exact) mass is 440 g/mol. The summed E-state index contributed by atoms with van der Waals surface area (Å²) in [6.07, 6.45) is 1.09. The summed E-state index contributed by atoms with van der Waals surface area (Å²) in [6.45, 7) is 5.41. The number of aromatic carboxylic acids is 1. The summed E-state index contributed by atoms with van der Waals surface area (Å²) in [5.74, 6) is -0.896. The van der Waals surface area contributed by atoms with Crippen molar-refractivity contribution in [3.8, 4) is 0 Å². The average molecular weight is 441 g/mol. The fraction of sp³-hybridized carbons (Fsp3) is 0.320. The molecule has 0 spiro atoms. The van der Waals surface area contributed by atoms with E-state index in [0.717, 1.165) is 31.7 Å². The molecule has 5 nitrogen and oxygen atoms in total. The highest BCUT2D eigenvalue weighted by Crippen LogP contribution is 2.24. The highest BCUT2D eigenvalue weighted by molar-refractivity contribution is 5.88. The van der Waals surface area contributed by atoms with Gasteiger partial charge in [-0.2, -0.15) is 0 Å². The Morgan fingerprint density at radius 1 is 1.13 bits per heavy atom. The van der Waals surface area contributed by atoms with Crippen molar-refractivity contribution in [1.29, 1.82) is 0 Å². The molecular formula is C25H29ClN2O3. The molecule has 1 aliphatic rings. The number of morpholine rings is 1. The van der Waals surface area contributed by atoms with Crippen molar-refractivity contribution >= 4 is 34.8 Å². The number of carboxylic acid groups (broad SMARTS) is 1. The number of rotatable bonds is 7. The van der Waals surface area contributed by atoms with E-state index < -0.39 is 5.97 Å². The third-order valence-corrected chi connectivity index (χ3v) is 5.82. The summed E-state index contributed by atoms with van der Waals surface area (Å²) in [6, 6.07) is 22.3. The Balaban J connectivity index is 0.00000272. The second kappa shape index (κ2) is 10.6. The molecule has 6 heteroatoms. The smallest absolute Gasteiger partial charge is 0.335 e. The molecule has 0 amide bonds. The standard InChI is InChI=1S/C25H28N2O3.ClH/c1-18(23-8-4-6-19-5-2-3-7-24(19)23)26-14-13-22-17-27(15-16-30-22)21-11-9-20(10-12-21)25(28)29;/h2-12,18,22,26H,13-17H2,1H3,(H,28,29);1H/t18-,22?;/m1./s1. The van der Waals surface area contributed by atoms with Crippen LogP contribution in [0.25, 0.3) is 10.8 Å². The molecule has 3 aromatic carbocycles. The van der Waals surface area contributed by atoms with Gasteiger partial charge in [-0.1, -0.05) is 42.5 Å². The number of nitrogens with one attached hydrogen (secondary N) is 1. The number of ether oxygens (including phenoxy) is 1. The molecule has 4 rings (SSSR count). The fourth-order valence-electron chi connectivity index (χ4n) is 4.14. The van der Waals surface area contributed by atoms with Gasteiger partial charge in [-0.3, -0.25) is 0 Å². The molecule has 0 saturated carbocycles. The molecule has 164 valence electrons. The lowest BCUT2D eigenvalue weighted by atomic mass is 9.99. The lowest BCUT2D eigenvalue weighted by molar-refractivity contribution is 0.0351. The van der Waals surface area contributed by atoms with Crippen molar-refractivity contribution in [2.45, 2.75) is 25.5 Å². The quantitative estimate of drug-likeness (QED) is 0.546. The SMILES string of the molecule is C[C@@H](NCCC1CN(c2ccc(C(=O)O)cc2)CCO1)c1cccc2ccccc12.Cl. The van der Waals surface area contributed by atoms with E-state index in [9.17, 15) is 4.79 Å². The van der Waals surface area contributed by atoms with Gasteiger partial charge in [0, 0.05) is 24.8 Å². The first-order chi connectivity index (χ1) is 14.6. The van der Waals surface area contributed by atoms with Crippen LogP contribution in [0.5, 0.6) is 0 Å². The Hall–Kier alpha value is -2.60. The van der Waals surface area contributed by atoms with E-state index in [-0.39, 0.29) is 24.6 Å². The van der Waals surface area contributed by atoms with Gasteiger partial charge in [0.25, 0.3) is 0 Å². The molecule has 0 aliphatic carbocycles. The van der Waals surface area contributed by atoms with Gasteiger partial charge in [-0.15, -0.1) is 12.4 Å². The van der Waals surface area contributed by atoms with Gasteiger partial charge in [0.2, 0.25) is 0 Å². The van der Waals surface area contributed by atoms with Crippen LogP contribution in [0.15, 0.2) is 66.7 Å². The van der Waals surface area contributed by atoms with Gasteiger partial charge >= 0.3 is 5.97 Å². The number of benzene rings is 3. The Kier molecular flexibility index (Phi) is 7.91. The Labute approximate surface area is 189 Å². The predicted molar refractivity (Wildman–Crippen MR) is 128 cm³/mol. The van der Waals surface area contributed by atoms with Gasteiger partial charge in [0.15, 0.2) is 0 Å². The van der Waals surface area contributed by atoms with Crippen LogP contribution in [0.3, 0.4) is 0 Å². The Morgan fingerprint density at radius 3 is 2.65 bits per heavy atom. The van der Waals surface area contributed by atoms with Gasteiger partial charge in [0.1, 0.15) is 0 Å². The van der Waals surface area contributed by atoms with Crippen molar-refractivity contribution in [2.75, 3.05) is 31.1 Å². The first-order valence-electron chi connectivity index (χ1n) is 10.5. The topological polar surface area (TPSA) is 61.8 Å². The third kappa shape index (κ3) is 5.56. The van der Waals surface area contributed by atoms with E-state index >= 15 is 0 Å². The molecule has 0 bridgehead atoms. The summed E-state index contributed by atoms with van der Waals surface area (Å²) >= 11 is 0. The van der Waals surface area contributed by atoms with Crippen molar-refractivity contribution < 1.29 is 14.6 Å². The van der Waals surface area contributed by atoms with Crippen LogP contribution in [0, 0.1) is 0 Å². The maximum absolute atomic E-state index is 11.0. The van der Waals surface area contributed by atoms with Gasteiger partial charge in [-0.05, 0) is 60.5 Å². The fourth-order valence-corrected chi connectivity index (χ4v) is 4.14. The lowest BCUT2D eigenvalue weighted by Crippen LogP contribution is -2.43. The van der Waals surface area contributed by atoms with Gasteiger partial charge in [0.05, 0.1) is 18.3 Å². The molecule has 2 N–H and O–H groups in total. The van der Waals surface area contributed by atoms with Crippen LogP contribution in [-0.2, 0) is 4.74 Å². The summed E-state index contributed by atoms with van der Waals surface area (Å²) in [4.78, 5) is 13.3. The van der Waals surface area contributed by atoms with Gasteiger partial charge < -0.3 is 20.1 Å². The molecule has 1 heterocycles. The highest BCUT2D eigenvalue weighted by Gasteiger charge is 2.21. The van der Waals surface area contributed by atoms with Crippen LogP contribution in [0.1, 0.15) is 35.3 Å². The number of hydrogen-bond donors (Lipinski definition) is 2. The Morgan fingerprint density at radius 2 is 1.87 bits per heavy atom. The minimum absolute atomic E-state index is 0. The number of anilines is 1. The first kappa shape index (κ1) is 23.1. The number of hydrogen-bond acceptors (Lipinski definition) is 4. The molecule has 2 atom stereocenters. The molecule has 0 aromatic heterocycles. The largest absolute Gasteiger partial charge is 0.478 e. The minimum atomic E-state index is -0.896. The third-order valence-electron chi connectivity index (χ3n) is 5.82. The van der Waals surface area contributed by atoms with E-state index in [1.54, 1.807) is 12.1 Å². The summed E-state index contributed by atoms with van der Waals surface area (Å²) in [5.41, 5.74) is 2.68. The van der Waals surface area contributed by atoms with E-state index in [0.29, 0.717) is 12.2 Å². The molecule has 1 fully saturated rings. The molecule has 1 unspecified atom stereocenters. The molecule has 1 saturated heterocycles. The number of fused-ring (bicyclic) bond motifs is 1. The zero-order chi connectivity index (χ0) is 20.9. The van der Waals surface area contributed by atoms with Crippen molar-refractivity contribution in [3.63, 3.8) is 0 Å². The molecular weight excluding hydrogens is 412 g/mol. The number of halogens is 1. The highest BCUT2D eigenvalue weighted by atomic mass is 35.5. The molecule has 1 aliphatic heterocycles.